The topological polar surface area (TPSA) is 29.5 Å². The fourth-order valence-corrected chi connectivity index (χ4v) is 5.24. The summed E-state index contributed by atoms with van der Waals surface area (Å²) in [6.45, 7) is 0. The summed E-state index contributed by atoms with van der Waals surface area (Å²) in [7, 11) is -2.39. The van der Waals surface area contributed by atoms with Gasteiger partial charge in [-0.1, -0.05) is 60.7 Å². The van der Waals surface area contributed by atoms with Crippen molar-refractivity contribution >= 4 is 29.4 Å². The molecule has 0 spiro atoms. The molecule has 82 valence electrons. The highest BCUT2D eigenvalue weighted by Gasteiger charge is 2.36. The molecule has 0 amide bonds. The van der Waals surface area contributed by atoms with Gasteiger partial charge in [0.05, 0.1) is 0 Å². The van der Waals surface area contributed by atoms with E-state index in [2.05, 4.69) is 0 Å². The van der Waals surface area contributed by atoms with Crippen molar-refractivity contribution in [3.05, 3.63) is 60.7 Å². The zero-order valence-corrected chi connectivity index (χ0v) is 12.1. The van der Waals surface area contributed by atoms with Gasteiger partial charge in [0.2, 0.25) is 0 Å². The lowest BCUT2D eigenvalue weighted by atomic mass is 10.4. The number of benzene rings is 2. The molecule has 0 saturated heterocycles. The molecular weight excluding hydrogens is 232 g/mol. The highest BCUT2D eigenvalue weighted by Crippen LogP contribution is 2.02. The summed E-state index contributed by atoms with van der Waals surface area (Å²) in [5.41, 5.74) is 0. The zero-order valence-electron chi connectivity index (χ0n) is 9.13. The van der Waals surface area contributed by atoms with E-state index in [1.54, 1.807) is 0 Å². The molecule has 0 heterocycles. The lowest BCUT2D eigenvalue weighted by Gasteiger charge is -2.24. The molecule has 16 heavy (non-hydrogen) atoms. The van der Waals surface area contributed by atoms with Crippen molar-refractivity contribution in [2.45, 2.75) is 0 Å². The zero-order chi connectivity index (χ0) is 11.4. The van der Waals surface area contributed by atoms with Gasteiger partial charge in [0.1, 0.15) is 10.5 Å². The fraction of sp³-hybridized carbons (Fsp3) is 0. The van der Waals surface area contributed by atoms with Crippen LogP contribution in [0, 0.1) is 0 Å². The highest BCUT2D eigenvalue weighted by atomic mass is 28.4. The van der Waals surface area contributed by atoms with E-state index >= 15 is 0 Å². The Morgan fingerprint density at radius 1 is 0.812 bits per heavy atom. The highest BCUT2D eigenvalue weighted by molar-refractivity contribution is 6.93. The molecule has 1 N–H and O–H groups in total. The fourth-order valence-electron chi connectivity index (χ4n) is 1.73. The van der Waals surface area contributed by atoms with Gasteiger partial charge in [-0.25, -0.2) is 0 Å². The molecule has 2 aromatic rings. The molecule has 0 aliphatic carbocycles. The SMILES string of the molecule is O[Si](O[SiH3])(c1ccccc1)c1ccccc1. The molecule has 0 aliphatic rings. The van der Waals surface area contributed by atoms with Gasteiger partial charge in [-0.3, -0.25) is 0 Å². The molecule has 0 bridgehead atoms. The van der Waals surface area contributed by atoms with Crippen molar-refractivity contribution in [3.63, 3.8) is 0 Å². The Kier molecular flexibility index (Phi) is 3.35. The Morgan fingerprint density at radius 2 is 1.19 bits per heavy atom. The molecule has 4 heteroatoms. The molecular formula is C12H14O2Si2. The predicted octanol–water partition coefficient (Wildman–Crippen LogP) is -0.468. The lowest BCUT2D eigenvalue weighted by Crippen LogP contribution is -2.60. The van der Waals surface area contributed by atoms with Crippen molar-refractivity contribution in [1.82, 2.24) is 0 Å². The van der Waals surface area contributed by atoms with Gasteiger partial charge in [0, 0.05) is 0 Å². The monoisotopic (exact) mass is 246 g/mol. The van der Waals surface area contributed by atoms with E-state index < -0.39 is 8.56 Å². The summed E-state index contributed by atoms with van der Waals surface area (Å²) in [6, 6.07) is 19.3. The predicted molar refractivity (Wildman–Crippen MR) is 71.1 cm³/mol. The van der Waals surface area contributed by atoms with Gasteiger partial charge < -0.3 is 8.91 Å². The molecule has 0 unspecified atom stereocenters. The maximum absolute atomic E-state index is 10.7. The molecule has 2 rings (SSSR count). The molecule has 0 fully saturated rings. The molecule has 0 aliphatic heterocycles. The van der Waals surface area contributed by atoms with Crippen LogP contribution in [-0.2, 0) is 4.12 Å². The minimum Gasteiger partial charge on any atom is -0.438 e. The third-order valence-electron chi connectivity index (χ3n) is 2.63. The molecule has 2 nitrogen and oxygen atoms in total. The summed E-state index contributed by atoms with van der Waals surface area (Å²) < 4.78 is 5.54. The lowest BCUT2D eigenvalue weighted by molar-refractivity contribution is 0.431. The Balaban J connectivity index is 2.49. The number of hydrogen-bond donors (Lipinski definition) is 1. The van der Waals surface area contributed by atoms with Gasteiger partial charge >= 0.3 is 8.56 Å². The van der Waals surface area contributed by atoms with Gasteiger partial charge in [0.25, 0.3) is 0 Å². The van der Waals surface area contributed by atoms with E-state index in [4.69, 9.17) is 4.12 Å². The molecule has 2 aromatic carbocycles. The van der Waals surface area contributed by atoms with E-state index in [1.807, 2.05) is 60.7 Å². The summed E-state index contributed by atoms with van der Waals surface area (Å²) in [5.74, 6) is 0. The van der Waals surface area contributed by atoms with E-state index in [9.17, 15) is 4.80 Å². The second-order valence-electron chi connectivity index (χ2n) is 3.58. The first kappa shape index (κ1) is 11.3. The van der Waals surface area contributed by atoms with Crippen LogP contribution in [-0.4, -0.2) is 23.8 Å². The van der Waals surface area contributed by atoms with Gasteiger partial charge in [-0.05, 0) is 10.4 Å². The number of hydrogen-bond acceptors (Lipinski definition) is 2. The van der Waals surface area contributed by atoms with Crippen LogP contribution in [0.2, 0.25) is 0 Å². The maximum Gasteiger partial charge on any atom is 0.393 e. The third-order valence-corrected chi connectivity index (χ3v) is 7.22. The molecule has 0 aromatic heterocycles. The van der Waals surface area contributed by atoms with Crippen molar-refractivity contribution in [1.29, 1.82) is 0 Å². The largest absolute Gasteiger partial charge is 0.438 e. The van der Waals surface area contributed by atoms with Crippen molar-refractivity contribution in [2.75, 3.05) is 0 Å². The second-order valence-corrected chi connectivity index (χ2v) is 7.66. The van der Waals surface area contributed by atoms with E-state index in [0.29, 0.717) is 10.5 Å². The van der Waals surface area contributed by atoms with Crippen LogP contribution < -0.4 is 10.4 Å². The molecule has 0 saturated carbocycles. The van der Waals surface area contributed by atoms with Gasteiger partial charge in [-0.15, -0.1) is 0 Å². The Hall–Kier alpha value is -1.21. The molecule has 0 atom stereocenters. The van der Waals surface area contributed by atoms with Crippen LogP contribution in [0.4, 0.5) is 0 Å². The van der Waals surface area contributed by atoms with Crippen LogP contribution in [0.25, 0.3) is 0 Å². The average molecular weight is 246 g/mol. The first-order chi connectivity index (χ1) is 7.77. The van der Waals surface area contributed by atoms with Gasteiger partial charge in [-0.2, -0.15) is 0 Å². The average Bonchev–Trinajstić information content (AvgIpc) is 2.40. The maximum atomic E-state index is 10.7. The van der Waals surface area contributed by atoms with Crippen molar-refractivity contribution in [2.24, 2.45) is 0 Å². The minimum atomic E-state index is -2.91. The van der Waals surface area contributed by atoms with Crippen LogP contribution in [0.5, 0.6) is 0 Å². The van der Waals surface area contributed by atoms with E-state index in [-0.39, 0.29) is 0 Å². The summed E-state index contributed by atoms with van der Waals surface area (Å²) in [4.78, 5) is 10.7. The van der Waals surface area contributed by atoms with Crippen LogP contribution in [0.1, 0.15) is 0 Å². The quantitative estimate of drug-likeness (QED) is 0.742. The first-order valence-electron chi connectivity index (χ1n) is 5.16. The summed E-state index contributed by atoms with van der Waals surface area (Å²) >= 11 is 0. The normalized spacial score (nSPS) is 11.6. The number of rotatable bonds is 3. The Morgan fingerprint density at radius 3 is 1.50 bits per heavy atom. The van der Waals surface area contributed by atoms with Crippen molar-refractivity contribution < 1.29 is 8.91 Å². The molecule has 0 radical (unpaired) electrons. The third kappa shape index (κ3) is 2.00. The summed E-state index contributed by atoms with van der Waals surface area (Å²) in [5, 5.41) is 1.80. The minimum absolute atomic E-state index is 0.528. The Bertz CT molecular complexity index is 406. The van der Waals surface area contributed by atoms with E-state index in [1.165, 1.54) is 0 Å². The van der Waals surface area contributed by atoms with Crippen LogP contribution >= 0.6 is 0 Å². The standard InChI is InChI=1S/C12H14O2Si2/c13-16(14-15,11-7-3-1-4-8-11)12-9-5-2-6-10-12/h1-10,13H,15H3. The Labute approximate surface area is 99.3 Å². The van der Waals surface area contributed by atoms with Crippen molar-refractivity contribution in [3.8, 4) is 0 Å². The first-order valence-corrected chi connectivity index (χ1v) is 7.83. The van der Waals surface area contributed by atoms with Crippen LogP contribution in [0.3, 0.4) is 0 Å². The summed E-state index contributed by atoms with van der Waals surface area (Å²) in [6.07, 6.45) is 0. The smallest absolute Gasteiger partial charge is 0.393 e. The van der Waals surface area contributed by atoms with Gasteiger partial charge in [0.15, 0.2) is 0 Å². The van der Waals surface area contributed by atoms with E-state index in [0.717, 1.165) is 10.4 Å². The van der Waals surface area contributed by atoms with Crippen LogP contribution in [0.15, 0.2) is 60.7 Å². The second kappa shape index (κ2) is 4.75.